The summed E-state index contributed by atoms with van der Waals surface area (Å²) in [5.74, 6) is 0.262. The molecule has 24 heavy (non-hydrogen) atoms. The third-order valence-corrected chi connectivity index (χ3v) is 3.96. The Bertz CT molecular complexity index is 720. The first-order valence-electron chi connectivity index (χ1n) is 7.84. The van der Waals surface area contributed by atoms with E-state index in [-0.39, 0.29) is 23.3 Å². The second-order valence-corrected chi connectivity index (χ2v) is 5.65. The molecule has 0 bridgehead atoms. The van der Waals surface area contributed by atoms with E-state index in [1.165, 1.54) is 18.4 Å². The van der Waals surface area contributed by atoms with Crippen molar-refractivity contribution in [1.29, 1.82) is 0 Å². The molecule has 0 aliphatic carbocycles. The fourth-order valence-electron chi connectivity index (χ4n) is 2.64. The van der Waals surface area contributed by atoms with Gasteiger partial charge in [-0.2, -0.15) is 0 Å². The van der Waals surface area contributed by atoms with Crippen molar-refractivity contribution in [3.63, 3.8) is 0 Å². The SMILES string of the molecule is O=C(NCCc1ccc([N+](=O)[O-])cc1)c1coc(C2CCCN2)n1. The zero-order chi connectivity index (χ0) is 16.9. The van der Waals surface area contributed by atoms with E-state index in [1.54, 1.807) is 12.1 Å². The molecule has 1 aromatic carbocycles. The van der Waals surface area contributed by atoms with Crippen LogP contribution in [-0.4, -0.2) is 28.9 Å². The number of nitro groups is 1. The molecule has 8 heteroatoms. The minimum absolute atomic E-state index is 0.0541. The number of nitrogens with one attached hydrogen (secondary N) is 2. The van der Waals surface area contributed by atoms with E-state index in [2.05, 4.69) is 15.6 Å². The van der Waals surface area contributed by atoms with Gasteiger partial charge in [0.05, 0.1) is 11.0 Å². The van der Waals surface area contributed by atoms with Crippen molar-refractivity contribution < 1.29 is 14.1 Å². The maximum absolute atomic E-state index is 12.1. The van der Waals surface area contributed by atoms with Crippen molar-refractivity contribution in [3.05, 3.63) is 57.8 Å². The van der Waals surface area contributed by atoms with Gasteiger partial charge in [0.25, 0.3) is 11.6 Å². The number of hydrogen-bond acceptors (Lipinski definition) is 6. The first-order chi connectivity index (χ1) is 11.6. The van der Waals surface area contributed by atoms with Crippen LogP contribution in [-0.2, 0) is 6.42 Å². The molecule has 126 valence electrons. The first-order valence-corrected chi connectivity index (χ1v) is 7.84. The highest BCUT2D eigenvalue weighted by atomic mass is 16.6. The van der Waals surface area contributed by atoms with Crippen LogP contribution in [0.3, 0.4) is 0 Å². The normalized spacial score (nSPS) is 16.9. The number of hydrogen-bond donors (Lipinski definition) is 2. The molecule has 1 amide bonds. The van der Waals surface area contributed by atoms with E-state index in [9.17, 15) is 14.9 Å². The highest BCUT2D eigenvalue weighted by molar-refractivity contribution is 5.91. The Morgan fingerprint density at radius 1 is 1.42 bits per heavy atom. The second-order valence-electron chi connectivity index (χ2n) is 5.65. The summed E-state index contributed by atoms with van der Waals surface area (Å²) >= 11 is 0. The Hall–Kier alpha value is -2.74. The Labute approximate surface area is 138 Å². The molecule has 0 spiro atoms. The Morgan fingerprint density at radius 3 is 2.88 bits per heavy atom. The van der Waals surface area contributed by atoms with E-state index >= 15 is 0 Å². The molecule has 8 nitrogen and oxygen atoms in total. The number of carbonyl (C=O) groups is 1. The number of rotatable bonds is 6. The topological polar surface area (TPSA) is 110 Å². The van der Waals surface area contributed by atoms with E-state index in [0.29, 0.717) is 18.9 Å². The van der Waals surface area contributed by atoms with Crippen LogP contribution in [0.15, 0.2) is 34.9 Å². The number of carbonyl (C=O) groups excluding carboxylic acids is 1. The van der Waals surface area contributed by atoms with E-state index in [0.717, 1.165) is 24.9 Å². The Morgan fingerprint density at radius 2 is 2.21 bits per heavy atom. The molecule has 2 heterocycles. The number of nitro benzene ring substituents is 1. The van der Waals surface area contributed by atoms with E-state index < -0.39 is 4.92 Å². The minimum Gasteiger partial charge on any atom is -0.446 e. The standard InChI is InChI=1S/C16H18N4O4/c21-15(14-10-24-16(19-14)13-2-1-8-17-13)18-9-7-11-3-5-12(6-4-11)20(22)23/h3-6,10,13,17H,1-2,7-9H2,(H,18,21). The van der Waals surface area contributed by atoms with Crippen molar-refractivity contribution in [2.75, 3.05) is 13.1 Å². The maximum Gasteiger partial charge on any atom is 0.273 e. The summed E-state index contributed by atoms with van der Waals surface area (Å²) in [5, 5.41) is 16.6. The molecule has 3 rings (SSSR count). The van der Waals surface area contributed by atoms with Gasteiger partial charge < -0.3 is 15.1 Å². The average Bonchev–Trinajstić information content (AvgIpc) is 3.26. The number of nitrogens with zero attached hydrogens (tertiary/aromatic N) is 2. The number of oxazole rings is 1. The highest BCUT2D eigenvalue weighted by Crippen LogP contribution is 2.22. The molecule has 0 radical (unpaired) electrons. The summed E-state index contributed by atoms with van der Waals surface area (Å²) in [6, 6.07) is 6.37. The van der Waals surface area contributed by atoms with Crippen LogP contribution in [0.2, 0.25) is 0 Å². The number of aromatic nitrogens is 1. The molecular formula is C16H18N4O4. The molecule has 1 aromatic heterocycles. The van der Waals surface area contributed by atoms with Gasteiger partial charge in [-0.05, 0) is 31.4 Å². The van der Waals surface area contributed by atoms with Gasteiger partial charge in [0, 0.05) is 18.7 Å². The van der Waals surface area contributed by atoms with Gasteiger partial charge >= 0.3 is 0 Å². The largest absolute Gasteiger partial charge is 0.446 e. The van der Waals surface area contributed by atoms with Gasteiger partial charge in [0.2, 0.25) is 5.89 Å². The van der Waals surface area contributed by atoms with Crippen LogP contribution in [0.5, 0.6) is 0 Å². The zero-order valence-corrected chi connectivity index (χ0v) is 13.0. The molecule has 2 N–H and O–H groups in total. The number of non-ortho nitro benzene ring substituents is 1. The van der Waals surface area contributed by atoms with Gasteiger partial charge in [-0.3, -0.25) is 14.9 Å². The molecule has 1 saturated heterocycles. The van der Waals surface area contributed by atoms with Crippen molar-refractivity contribution in [2.24, 2.45) is 0 Å². The molecule has 1 aliphatic heterocycles. The monoisotopic (exact) mass is 330 g/mol. The van der Waals surface area contributed by atoms with Crippen LogP contribution in [0.25, 0.3) is 0 Å². The third-order valence-electron chi connectivity index (χ3n) is 3.96. The summed E-state index contributed by atoms with van der Waals surface area (Å²) in [4.78, 5) is 26.5. The lowest BCUT2D eigenvalue weighted by atomic mass is 10.1. The predicted octanol–water partition coefficient (Wildman–Crippen LogP) is 1.98. The summed E-state index contributed by atoms with van der Waals surface area (Å²) < 4.78 is 5.37. The van der Waals surface area contributed by atoms with Gasteiger partial charge in [-0.15, -0.1) is 0 Å². The van der Waals surface area contributed by atoms with Crippen LogP contribution in [0.1, 0.15) is 40.8 Å². The van der Waals surface area contributed by atoms with Gasteiger partial charge in [0.1, 0.15) is 6.26 Å². The quantitative estimate of drug-likeness (QED) is 0.619. The van der Waals surface area contributed by atoms with Crippen molar-refractivity contribution in [3.8, 4) is 0 Å². The van der Waals surface area contributed by atoms with Crippen molar-refractivity contribution in [2.45, 2.75) is 25.3 Å². The lowest BCUT2D eigenvalue weighted by Crippen LogP contribution is -2.26. The molecule has 2 aromatic rings. The fourth-order valence-corrected chi connectivity index (χ4v) is 2.64. The minimum atomic E-state index is -0.438. The summed E-state index contributed by atoms with van der Waals surface area (Å²) in [6.45, 7) is 1.35. The predicted molar refractivity (Wildman–Crippen MR) is 85.6 cm³/mol. The molecule has 0 saturated carbocycles. The van der Waals surface area contributed by atoms with E-state index in [4.69, 9.17) is 4.42 Å². The fraction of sp³-hybridized carbons (Fsp3) is 0.375. The second kappa shape index (κ2) is 7.22. The molecule has 1 aliphatic rings. The van der Waals surface area contributed by atoms with Crippen LogP contribution in [0.4, 0.5) is 5.69 Å². The summed E-state index contributed by atoms with van der Waals surface area (Å²) in [6.07, 6.45) is 3.99. The smallest absolute Gasteiger partial charge is 0.273 e. The summed E-state index contributed by atoms with van der Waals surface area (Å²) in [7, 11) is 0. The molecule has 1 fully saturated rings. The highest BCUT2D eigenvalue weighted by Gasteiger charge is 2.22. The molecule has 1 unspecified atom stereocenters. The lowest BCUT2D eigenvalue weighted by Gasteiger charge is -2.04. The third kappa shape index (κ3) is 3.77. The van der Waals surface area contributed by atoms with E-state index in [1.807, 2.05) is 0 Å². The van der Waals surface area contributed by atoms with Gasteiger partial charge in [-0.1, -0.05) is 12.1 Å². The average molecular weight is 330 g/mol. The number of benzene rings is 1. The Kier molecular flexibility index (Phi) is 4.85. The zero-order valence-electron chi connectivity index (χ0n) is 13.0. The first kappa shape index (κ1) is 16.1. The van der Waals surface area contributed by atoms with Crippen LogP contribution in [0, 0.1) is 10.1 Å². The van der Waals surface area contributed by atoms with Crippen LogP contribution < -0.4 is 10.6 Å². The maximum atomic E-state index is 12.1. The van der Waals surface area contributed by atoms with Gasteiger partial charge in [-0.25, -0.2) is 4.98 Å². The molecule has 1 atom stereocenters. The van der Waals surface area contributed by atoms with Crippen molar-refractivity contribution in [1.82, 2.24) is 15.6 Å². The molecular weight excluding hydrogens is 312 g/mol. The number of amides is 1. The Balaban J connectivity index is 1.49. The lowest BCUT2D eigenvalue weighted by molar-refractivity contribution is -0.384. The van der Waals surface area contributed by atoms with Gasteiger partial charge in [0.15, 0.2) is 5.69 Å². The van der Waals surface area contributed by atoms with Crippen molar-refractivity contribution >= 4 is 11.6 Å². The van der Waals surface area contributed by atoms with Crippen LogP contribution >= 0.6 is 0 Å². The summed E-state index contributed by atoms with van der Waals surface area (Å²) in [5.41, 5.74) is 1.23.